The van der Waals surface area contributed by atoms with Gasteiger partial charge in [-0.2, -0.15) is 0 Å². The van der Waals surface area contributed by atoms with Crippen LogP contribution in [0.3, 0.4) is 0 Å². The largest absolute Gasteiger partial charge is 0.109 e. The van der Waals surface area contributed by atoms with Crippen LogP contribution in [0.15, 0.2) is 0 Å². The molecule has 2 heteroatoms. The molecule has 0 atom stereocenters. The van der Waals surface area contributed by atoms with Crippen molar-refractivity contribution in [1.82, 2.24) is 0 Å². The topological polar surface area (TPSA) is 0 Å². The minimum Gasteiger partial charge on any atom is -0.0920 e. The first-order valence-corrected chi connectivity index (χ1v) is 4.34. The lowest BCUT2D eigenvalue weighted by atomic mass is 9.02. The maximum absolute atomic E-state index is 2.41. The predicted octanol–water partition coefficient (Wildman–Crippen LogP) is 2.50. The van der Waals surface area contributed by atoms with Crippen LogP contribution in [0, 0.1) is 0 Å². The van der Waals surface area contributed by atoms with Gasteiger partial charge in [-0.15, -0.1) is 0 Å². The molecule has 50 valence electrons. The van der Waals surface area contributed by atoms with Crippen molar-refractivity contribution in [2.24, 2.45) is 0 Å². The van der Waals surface area contributed by atoms with Crippen LogP contribution in [0.5, 0.6) is 0 Å². The zero-order valence-electron chi connectivity index (χ0n) is 6.69. The zero-order valence-corrected chi connectivity index (χ0v) is 6.69. The van der Waals surface area contributed by atoms with E-state index in [9.17, 15) is 0 Å². The fourth-order valence-corrected chi connectivity index (χ4v) is 1.70. The summed E-state index contributed by atoms with van der Waals surface area (Å²) in [5.41, 5.74) is 0. The fraction of sp³-hybridized carbons (Fsp3) is 1.00. The molecule has 0 amide bonds. The van der Waals surface area contributed by atoms with E-state index >= 15 is 0 Å². The van der Waals surface area contributed by atoms with Crippen LogP contribution >= 0.6 is 0 Å². The highest BCUT2D eigenvalue weighted by Crippen LogP contribution is 2.23. The van der Waals surface area contributed by atoms with Gasteiger partial charge in [0.15, 0.2) is 0 Å². The SMILES string of the molecule is CCCB(C)B1CCC1. The second-order valence-electron chi connectivity index (χ2n) is 3.46. The molecule has 0 bridgehead atoms. The molecule has 0 aromatic heterocycles. The first kappa shape index (κ1) is 7.24. The minimum absolute atomic E-state index is 1.02. The molecule has 0 unspecified atom stereocenters. The van der Waals surface area contributed by atoms with Gasteiger partial charge in [0.1, 0.15) is 13.2 Å². The summed E-state index contributed by atoms with van der Waals surface area (Å²) in [5, 5.41) is 0. The summed E-state index contributed by atoms with van der Waals surface area (Å²) in [6, 6.07) is 0. The maximum Gasteiger partial charge on any atom is 0.109 e. The van der Waals surface area contributed by atoms with E-state index in [0.29, 0.717) is 0 Å². The van der Waals surface area contributed by atoms with E-state index in [-0.39, 0.29) is 0 Å². The average molecular weight is 122 g/mol. The summed E-state index contributed by atoms with van der Waals surface area (Å²) < 4.78 is 0. The molecule has 1 saturated heterocycles. The zero-order chi connectivity index (χ0) is 6.69. The van der Waals surface area contributed by atoms with E-state index in [1.807, 2.05) is 0 Å². The van der Waals surface area contributed by atoms with Gasteiger partial charge in [0.05, 0.1) is 0 Å². The van der Waals surface area contributed by atoms with Crippen LogP contribution in [0.4, 0.5) is 0 Å². The molecular formula is C7H16B2. The molecular weight excluding hydrogens is 106 g/mol. The molecule has 0 nitrogen and oxygen atoms in total. The summed E-state index contributed by atoms with van der Waals surface area (Å²) in [4.78, 5) is 0. The second kappa shape index (κ2) is 3.34. The third-order valence-electron chi connectivity index (χ3n) is 2.70. The van der Waals surface area contributed by atoms with Crippen molar-refractivity contribution in [2.45, 2.75) is 45.5 Å². The first-order valence-electron chi connectivity index (χ1n) is 4.34. The predicted molar refractivity (Wildman–Crippen MR) is 46.7 cm³/mol. The Balaban J connectivity index is 2.08. The number of hydrogen-bond donors (Lipinski definition) is 0. The van der Waals surface area contributed by atoms with Crippen LogP contribution < -0.4 is 0 Å². The van der Waals surface area contributed by atoms with Crippen LogP contribution in [0.2, 0.25) is 25.8 Å². The molecule has 0 aromatic rings. The van der Waals surface area contributed by atoms with E-state index < -0.39 is 0 Å². The van der Waals surface area contributed by atoms with Crippen molar-refractivity contribution in [3.63, 3.8) is 0 Å². The lowest BCUT2D eigenvalue weighted by Gasteiger charge is -2.26. The molecule has 9 heavy (non-hydrogen) atoms. The lowest BCUT2D eigenvalue weighted by Crippen LogP contribution is -2.37. The van der Waals surface area contributed by atoms with Crippen molar-refractivity contribution in [3.05, 3.63) is 0 Å². The van der Waals surface area contributed by atoms with Crippen LogP contribution in [-0.4, -0.2) is 13.2 Å². The Labute approximate surface area is 59.6 Å². The number of rotatable bonds is 3. The van der Waals surface area contributed by atoms with E-state index in [0.717, 1.165) is 13.2 Å². The van der Waals surface area contributed by atoms with Gasteiger partial charge in [0.2, 0.25) is 0 Å². The van der Waals surface area contributed by atoms with Gasteiger partial charge in [-0.25, -0.2) is 0 Å². The number of hydrogen-bond acceptors (Lipinski definition) is 0. The van der Waals surface area contributed by atoms with Crippen molar-refractivity contribution in [1.29, 1.82) is 0 Å². The summed E-state index contributed by atoms with van der Waals surface area (Å²) in [6.07, 6.45) is 7.35. The van der Waals surface area contributed by atoms with E-state index in [1.54, 1.807) is 0 Å². The van der Waals surface area contributed by atoms with Gasteiger partial charge in [0, 0.05) is 0 Å². The molecule has 1 heterocycles. The third kappa shape index (κ3) is 1.77. The molecule has 0 aliphatic carbocycles. The Bertz CT molecular complexity index is 79.0. The van der Waals surface area contributed by atoms with Crippen LogP contribution in [0.1, 0.15) is 19.8 Å². The van der Waals surface area contributed by atoms with Gasteiger partial charge < -0.3 is 0 Å². The van der Waals surface area contributed by atoms with Crippen LogP contribution in [0.25, 0.3) is 0 Å². The standard InChI is InChI=1S/C7H16B2/c1-3-5-8(2)9-6-4-7-9/h3-7H2,1-2H3. The Hall–Kier alpha value is 0.130. The van der Waals surface area contributed by atoms with Crippen molar-refractivity contribution in [3.8, 4) is 0 Å². The lowest BCUT2D eigenvalue weighted by molar-refractivity contribution is 0.953. The van der Waals surface area contributed by atoms with E-state index in [2.05, 4.69) is 13.7 Å². The Kier molecular flexibility index (Phi) is 2.68. The van der Waals surface area contributed by atoms with Gasteiger partial charge in [-0.3, -0.25) is 0 Å². The highest BCUT2D eigenvalue weighted by atomic mass is 13.9. The molecule has 0 radical (unpaired) electrons. The highest BCUT2D eigenvalue weighted by molar-refractivity contribution is 7.23. The summed E-state index contributed by atoms with van der Waals surface area (Å²) in [5.74, 6) is 0. The van der Waals surface area contributed by atoms with Crippen molar-refractivity contribution >= 4 is 13.2 Å². The summed E-state index contributed by atoms with van der Waals surface area (Å²) in [7, 11) is 0. The Morgan fingerprint density at radius 3 is 2.44 bits per heavy atom. The monoisotopic (exact) mass is 122 g/mol. The van der Waals surface area contributed by atoms with Crippen LogP contribution in [-0.2, 0) is 0 Å². The Morgan fingerprint density at radius 2 is 2.11 bits per heavy atom. The quantitative estimate of drug-likeness (QED) is 0.504. The minimum atomic E-state index is 1.02. The van der Waals surface area contributed by atoms with Gasteiger partial charge in [-0.05, 0) is 0 Å². The van der Waals surface area contributed by atoms with Crippen molar-refractivity contribution < 1.29 is 0 Å². The molecule has 0 saturated carbocycles. The fourth-order valence-electron chi connectivity index (χ4n) is 1.70. The molecule has 0 spiro atoms. The summed E-state index contributed by atoms with van der Waals surface area (Å²) >= 11 is 0. The molecule has 1 aliphatic rings. The average Bonchev–Trinajstić information content (AvgIpc) is 1.60. The first-order chi connectivity index (χ1) is 4.34. The molecule has 1 aliphatic heterocycles. The molecule has 1 rings (SSSR count). The third-order valence-corrected chi connectivity index (χ3v) is 2.70. The smallest absolute Gasteiger partial charge is 0.0920 e. The van der Waals surface area contributed by atoms with Gasteiger partial charge in [0.25, 0.3) is 0 Å². The normalized spacial score (nSPS) is 17.3. The molecule has 1 fully saturated rings. The molecule has 0 N–H and O–H groups in total. The van der Waals surface area contributed by atoms with E-state index in [4.69, 9.17) is 0 Å². The second-order valence-corrected chi connectivity index (χ2v) is 3.46. The van der Waals surface area contributed by atoms with E-state index in [1.165, 1.54) is 31.8 Å². The highest BCUT2D eigenvalue weighted by Gasteiger charge is 2.28. The van der Waals surface area contributed by atoms with Gasteiger partial charge >= 0.3 is 0 Å². The Morgan fingerprint density at radius 1 is 1.44 bits per heavy atom. The van der Waals surface area contributed by atoms with Crippen molar-refractivity contribution in [2.75, 3.05) is 0 Å². The molecule has 0 aromatic carbocycles. The maximum atomic E-state index is 2.41. The van der Waals surface area contributed by atoms with Gasteiger partial charge in [-0.1, -0.05) is 45.5 Å². The summed E-state index contributed by atoms with van der Waals surface area (Å²) in [6.45, 7) is 6.82.